The molecule has 1 atom stereocenters. The number of carboxylic acid groups (broad SMARTS) is 1. The number of pyridine rings is 1. The minimum Gasteiger partial charge on any atom is -0.480 e. The number of rotatable bonds is 10. The molecule has 0 saturated carbocycles. The number of hydrogen-bond acceptors (Lipinski definition) is 4. The summed E-state index contributed by atoms with van der Waals surface area (Å²) in [6, 6.07) is 12.4. The lowest BCUT2D eigenvalue weighted by atomic mass is 10.0. The highest BCUT2D eigenvalue weighted by Crippen LogP contribution is 2.06. The van der Waals surface area contributed by atoms with Crippen molar-refractivity contribution in [3.63, 3.8) is 0 Å². The molecule has 0 aliphatic heterocycles. The molecule has 0 saturated heterocycles. The third-order valence-corrected chi connectivity index (χ3v) is 3.81. The lowest BCUT2D eigenvalue weighted by Crippen LogP contribution is -2.44. The molecule has 0 radical (unpaired) electrons. The molecule has 2 aromatic rings. The van der Waals surface area contributed by atoms with Gasteiger partial charge >= 0.3 is 5.97 Å². The lowest BCUT2D eigenvalue weighted by Gasteiger charge is -2.13. The van der Waals surface area contributed by atoms with Crippen LogP contribution in [-0.2, 0) is 22.4 Å². The number of hydrogen-bond donors (Lipinski definition) is 2. The molecule has 0 spiro atoms. The van der Waals surface area contributed by atoms with E-state index in [1.165, 1.54) is 0 Å². The molecular formula is C19H22N2O3. The largest absolute Gasteiger partial charge is 0.480 e. The van der Waals surface area contributed by atoms with E-state index in [-0.39, 0.29) is 12.2 Å². The highest BCUT2D eigenvalue weighted by Gasteiger charge is 2.24. The summed E-state index contributed by atoms with van der Waals surface area (Å²) in [5.41, 5.74) is 2.21. The van der Waals surface area contributed by atoms with Gasteiger partial charge < -0.3 is 5.11 Å². The number of carbonyl (C=O) groups is 2. The summed E-state index contributed by atoms with van der Waals surface area (Å²) in [5.74, 6) is -1.39. The number of benzene rings is 1. The molecule has 5 heteroatoms. The van der Waals surface area contributed by atoms with E-state index in [1.807, 2.05) is 42.5 Å². The van der Waals surface area contributed by atoms with E-state index < -0.39 is 12.0 Å². The number of nitrogens with zero attached hydrogens (tertiary/aromatic N) is 1. The van der Waals surface area contributed by atoms with Gasteiger partial charge in [-0.3, -0.25) is 19.9 Å². The van der Waals surface area contributed by atoms with Gasteiger partial charge in [-0.2, -0.15) is 0 Å². The summed E-state index contributed by atoms with van der Waals surface area (Å²) in [6.07, 6.45) is 5.73. The van der Waals surface area contributed by atoms with Gasteiger partial charge in [0.05, 0.1) is 0 Å². The topological polar surface area (TPSA) is 79.3 Å². The molecule has 1 aromatic carbocycles. The average Bonchev–Trinajstić information content (AvgIpc) is 2.60. The van der Waals surface area contributed by atoms with Gasteiger partial charge in [0.1, 0.15) is 0 Å². The van der Waals surface area contributed by atoms with E-state index >= 15 is 0 Å². The van der Waals surface area contributed by atoms with Crippen LogP contribution >= 0.6 is 0 Å². The predicted octanol–water partition coefficient (Wildman–Crippen LogP) is 2.26. The zero-order valence-corrected chi connectivity index (χ0v) is 13.5. The van der Waals surface area contributed by atoms with Crippen LogP contribution in [0.5, 0.6) is 0 Å². The molecule has 0 amide bonds. The van der Waals surface area contributed by atoms with E-state index in [2.05, 4.69) is 10.3 Å². The Morgan fingerprint density at radius 3 is 2.33 bits per heavy atom. The van der Waals surface area contributed by atoms with Crippen molar-refractivity contribution in [3.05, 3.63) is 66.0 Å². The SMILES string of the molecule is O=C(O)C(NCCc1ccccc1)C(=O)CCCc1ccncc1. The first kappa shape index (κ1) is 17.8. The zero-order valence-electron chi connectivity index (χ0n) is 13.5. The van der Waals surface area contributed by atoms with Gasteiger partial charge in [-0.05, 0) is 42.5 Å². The Kier molecular flexibility index (Phi) is 7.11. The predicted molar refractivity (Wildman–Crippen MR) is 91.8 cm³/mol. The van der Waals surface area contributed by atoms with Crippen LogP contribution in [0.2, 0.25) is 0 Å². The van der Waals surface area contributed by atoms with Crippen molar-refractivity contribution in [1.29, 1.82) is 0 Å². The maximum atomic E-state index is 12.2. The first-order chi connectivity index (χ1) is 11.7. The van der Waals surface area contributed by atoms with Crippen LogP contribution in [0.1, 0.15) is 24.0 Å². The fourth-order valence-electron chi connectivity index (χ4n) is 2.50. The molecule has 24 heavy (non-hydrogen) atoms. The summed E-state index contributed by atoms with van der Waals surface area (Å²) in [4.78, 5) is 27.4. The maximum Gasteiger partial charge on any atom is 0.328 e. The number of aromatic nitrogens is 1. The highest BCUT2D eigenvalue weighted by molar-refractivity contribution is 6.02. The Morgan fingerprint density at radius 2 is 1.67 bits per heavy atom. The number of aliphatic carboxylic acids is 1. The summed E-state index contributed by atoms with van der Waals surface area (Å²) >= 11 is 0. The first-order valence-corrected chi connectivity index (χ1v) is 8.08. The van der Waals surface area contributed by atoms with E-state index in [0.717, 1.165) is 17.5 Å². The fraction of sp³-hybridized carbons (Fsp3) is 0.316. The van der Waals surface area contributed by atoms with Gasteiger partial charge in [0.15, 0.2) is 11.8 Å². The second-order valence-electron chi connectivity index (χ2n) is 5.64. The van der Waals surface area contributed by atoms with E-state index in [9.17, 15) is 14.7 Å². The van der Waals surface area contributed by atoms with Crippen molar-refractivity contribution in [1.82, 2.24) is 10.3 Å². The molecule has 126 valence electrons. The van der Waals surface area contributed by atoms with Crippen molar-refractivity contribution >= 4 is 11.8 Å². The number of Topliss-reactive ketones (excluding diaryl/α,β-unsaturated/α-hetero) is 1. The Balaban J connectivity index is 1.76. The van der Waals surface area contributed by atoms with Crippen molar-refractivity contribution in [2.75, 3.05) is 6.54 Å². The van der Waals surface area contributed by atoms with Gasteiger partial charge in [0.25, 0.3) is 0 Å². The lowest BCUT2D eigenvalue weighted by molar-refractivity contribution is -0.143. The quantitative estimate of drug-likeness (QED) is 0.655. The van der Waals surface area contributed by atoms with E-state index in [1.54, 1.807) is 12.4 Å². The number of carbonyl (C=O) groups excluding carboxylic acids is 1. The van der Waals surface area contributed by atoms with Crippen molar-refractivity contribution in [3.8, 4) is 0 Å². The first-order valence-electron chi connectivity index (χ1n) is 8.08. The molecule has 1 heterocycles. The van der Waals surface area contributed by atoms with Crippen LogP contribution in [-0.4, -0.2) is 34.4 Å². The van der Waals surface area contributed by atoms with Crippen LogP contribution < -0.4 is 5.32 Å². The van der Waals surface area contributed by atoms with Crippen molar-refractivity contribution < 1.29 is 14.7 Å². The second kappa shape index (κ2) is 9.57. The molecule has 0 bridgehead atoms. The number of nitrogens with one attached hydrogen (secondary N) is 1. The standard InChI is InChI=1S/C19H22N2O3/c22-17(8-4-7-16-9-12-20-13-10-16)18(19(23)24)21-14-11-15-5-2-1-3-6-15/h1-3,5-6,9-10,12-13,18,21H,4,7-8,11,14H2,(H,23,24). The third kappa shape index (κ3) is 5.93. The molecule has 0 fully saturated rings. The number of ketones is 1. The van der Waals surface area contributed by atoms with Crippen LogP contribution in [0, 0.1) is 0 Å². The van der Waals surface area contributed by atoms with Gasteiger partial charge in [-0.25, -0.2) is 0 Å². The Labute approximate surface area is 141 Å². The average molecular weight is 326 g/mol. The minimum absolute atomic E-state index is 0.248. The molecule has 5 nitrogen and oxygen atoms in total. The Bertz CT molecular complexity index is 644. The van der Waals surface area contributed by atoms with Crippen LogP contribution in [0.25, 0.3) is 0 Å². The second-order valence-corrected chi connectivity index (χ2v) is 5.64. The van der Waals surface area contributed by atoms with Gasteiger partial charge in [-0.1, -0.05) is 30.3 Å². The molecule has 0 aliphatic rings. The summed E-state index contributed by atoms with van der Waals surface area (Å²) in [5, 5.41) is 12.1. The fourth-order valence-corrected chi connectivity index (χ4v) is 2.50. The van der Waals surface area contributed by atoms with E-state index in [4.69, 9.17) is 0 Å². The third-order valence-electron chi connectivity index (χ3n) is 3.81. The van der Waals surface area contributed by atoms with Gasteiger partial charge in [0, 0.05) is 25.4 Å². The van der Waals surface area contributed by atoms with Gasteiger partial charge in [-0.15, -0.1) is 0 Å². The maximum absolute atomic E-state index is 12.2. The normalized spacial score (nSPS) is 11.8. The molecule has 2 N–H and O–H groups in total. The Hall–Kier alpha value is -2.53. The van der Waals surface area contributed by atoms with Crippen molar-refractivity contribution in [2.24, 2.45) is 0 Å². The van der Waals surface area contributed by atoms with Crippen LogP contribution in [0.3, 0.4) is 0 Å². The van der Waals surface area contributed by atoms with Gasteiger partial charge in [0.2, 0.25) is 0 Å². The number of carboxylic acids is 1. The summed E-state index contributed by atoms with van der Waals surface area (Å²) in [6.45, 7) is 0.455. The monoisotopic (exact) mass is 326 g/mol. The molecule has 1 unspecified atom stereocenters. The van der Waals surface area contributed by atoms with E-state index in [0.29, 0.717) is 19.4 Å². The molecular weight excluding hydrogens is 304 g/mol. The number of aryl methyl sites for hydroxylation is 1. The zero-order chi connectivity index (χ0) is 17.2. The molecule has 2 rings (SSSR count). The minimum atomic E-state index is -1.13. The van der Waals surface area contributed by atoms with Crippen LogP contribution in [0.4, 0.5) is 0 Å². The Morgan fingerprint density at radius 1 is 1.00 bits per heavy atom. The van der Waals surface area contributed by atoms with Crippen LogP contribution in [0.15, 0.2) is 54.9 Å². The molecule has 0 aliphatic carbocycles. The summed E-state index contributed by atoms with van der Waals surface area (Å²) in [7, 11) is 0. The van der Waals surface area contributed by atoms with Crippen molar-refractivity contribution in [2.45, 2.75) is 31.7 Å². The highest BCUT2D eigenvalue weighted by atomic mass is 16.4. The summed E-state index contributed by atoms with van der Waals surface area (Å²) < 4.78 is 0. The molecule has 1 aromatic heterocycles. The smallest absolute Gasteiger partial charge is 0.328 e.